The van der Waals surface area contributed by atoms with Gasteiger partial charge in [-0.3, -0.25) is 0 Å². The molecule has 0 aliphatic heterocycles. The summed E-state index contributed by atoms with van der Waals surface area (Å²) in [6.07, 6.45) is 0. The number of hydrogen-bond donors (Lipinski definition) is 0. The van der Waals surface area contributed by atoms with Gasteiger partial charge in [0, 0.05) is 32.8 Å². The molecule has 12 rings (SSSR count). The molecule has 3 aromatic heterocycles. The molecule has 280 valence electrons. The maximum atomic E-state index is 6.32. The van der Waals surface area contributed by atoms with Gasteiger partial charge in [-0.05, 0) is 86.9 Å². The van der Waals surface area contributed by atoms with Crippen LogP contribution in [-0.2, 0) is 0 Å². The van der Waals surface area contributed by atoms with Gasteiger partial charge in [0.1, 0.15) is 22.2 Å². The van der Waals surface area contributed by atoms with E-state index in [-0.39, 0.29) is 0 Å². The summed E-state index contributed by atoms with van der Waals surface area (Å²) in [4.78, 5) is 17.3. The summed E-state index contributed by atoms with van der Waals surface area (Å²) in [7, 11) is 0. The molecule has 0 saturated heterocycles. The molecule has 0 spiro atoms. The summed E-state index contributed by atoms with van der Waals surface area (Å²) >= 11 is 0. The van der Waals surface area contributed by atoms with Gasteiger partial charge in [0.2, 0.25) is 0 Å². The van der Waals surface area contributed by atoms with Crippen LogP contribution in [0.4, 0.5) is 0 Å². The van der Waals surface area contributed by atoms with Crippen LogP contribution >= 0.6 is 0 Å². The minimum absolute atomic E-state index is 0.561. The van der Waals surface area contributed by atoms with E-state index in [1.807, 2.05) is 72.8 Å². The van der Waals surface area contributed by atoms with Gasteiger partial charge in [-0.1, -0.05) is 146 Å². The Balaban J connectivity index is 1.04. The normalized spacial score (nSPS) is 11.7. The summed E-state index contributed by atoms with van der Waals surface area (Å²) in [6, 6.07) is 66.6. The highest BCUT2D eigenvalue weighted by molar-refractivity contribution is 6.19. The molecule has 0 amide bonds. The van der Waals surface area contributed by atoms with Gasteiger partial charge in [-0.15, -0.1) is 10.2 Å². The standard InChI is InChI=1S/C53H32N6O/c1-3-12-33(13-4-1)36-14-11-15-38(30-36)51-54-52(39-26-28-43-42-19-9-10-21-47(42)60-48(43)32-39)56-53(55-51)44-20-8-7-18-41(44)37-25-23-34-22-24-35-27-29-46-50(49(35)45(34)31-37)58-59(57-46)40-16-5-2-6-17-40/h1-32H. The van der Waals surface area contributed by atoms with Gasteiger partial charge in [0.05, 0.1) is 5.69 Å². The quantitative estimate of drug-likeness (QED) is 0.157. The average molecular weight is 769 g/mol. The molecular weight excluding hydrogens is 737 g/mol. The van der Waals surface area contributed by atoms with Crippen molar-refractivity contribution < 1.29 is 4.42 Å². The third-order valence-corrected chi connectivity index (χ3v) is 11.3. The monoisotopic (exact) mass is 768 g/mol. The van der Waals surface area contributed by atoms with Crippen LogP contribution in [0.15, 0.2) is 199 Å². The van der Waals surface area contributed by atoms with Crippen molar-refractivity contribution in [2.75, 3.05) is 0 Å². The van der Waals surface area contributed by atoms with Gasteiger partial charge in [-0.2, -0.15) is 4.80 Å². The van der Waals surface area contributed by atoms with Crippen LogP contribution < -0.4 is 0 Å². The maximum absolute atomic E-state index is 6.32. The van der Waals surface area contributed by atoms with E-state index in [0.717, 1.165) is 99.1 Å². The molecule has 0 unspecified atom stereocenters. The molecule has 0 saturated carbocycles. The van der Waals surface area contributed by atoms with Crippen molar-refractivity contribution in [1.29, 1.82) is 0 Å². The highest BCUT2D eigenvalue weighted by Gasteiger charge is 2.19. The first-order valence-electron chi connectivity index (χ1n) is 19.9. The van der Waals surface area contributed by atoms with Crippen molar-refractivity contribution in [1.82, 2.24) is 29.9 Å². The molecule has 0 bridgehead atoms. The smallest absolute Gasteiger partial charge is 0.164 e. The molecule has 0 aliphatic rings. The zero-order valence-electron chi connectivity index (χ0n) is 32.1. The number of nitrogens with zero attached hydrogens (tertiary/aromatic N) is 6. The third kappa shape index (κ3) is 5.71. The lowest BCUT2D eigenvalue weighted by Gasteiger charge is -2.13. The Morgan fingerprint density at radius 1 is 0.367 bits per heavy atom. The number of furan rings is 1. The molecular formula is C53H32N6O. The van der Waals surface area contributed by atoms with Crippen molar-refractivity contribution in [2.24, 2.45) is 0 Å². The number of hydrogen-bond acceptors (Lipinski definition) is 6. The Morgan fingerprint density at radius 3 is 1.87 bits per heavy atom. The largest absolute Gasteiger partial charge is 0.456 e. The van der Waals surface area contributed by atoms with E-state index in [1.165, 1.54) is 0 Å². The fourth-order valence-electron chi connectivity index (χ4n) is 8.38. The van der Waals surface area contributed by atoms with Crippen LogP contribution in [-0.4, -0.2) is 29.9 Å². The summed E-state index contributed by atoms with van der Waals surface area (Å²) in [5.74, 6) is 1.72. The molecule has 0 aliphatic carbocycles. The second kappa shape index (κ2) is 13.7. The van der Waals surface area contributed by atoms with Gasteiger partial charge in [0.25, 0.3) is 0 Å². The second-order valence-corrected chi connectivity index (χ2v) is 15.0. The van der Waals surface area contributed by atoms with Gasteiger partial charge in [-0.25, -0.2) is 15.0 Å². The fraction of sp³-hybridized carbons (Fsp3) is 0. The average Bonchev–Trinajstić information content (AvgIpc) is 3.94. The zero-order valence-corrected chi connectivity index (χ0v) is 32.1. The van der Waals surface area contributed by atoms with E-state index in [4.69, 9.17) is 29.6 Å². The van der Waals surface area contributed by atoms with E-state index >= 15 is 0 Å². The van der Waals surface area contributed by atoms with Crippen LogP contribution in [0.25, 0.3) is 117 Å². The third-order valence-electron chi connectivity index (χ3n) is 11.3. The SMILES string of the molecule is c1ccc(-c2cccc(-c3nc(-c4ccc5c(c4)oc4ccccc45)nc(-c4ccccc4-c4ccc5ccc6ccc7nn(-c8ccccc8)nc7c6c5c4)n3)c2)cc1. The molecule has 0 atom stereocenters. The summed E-state index contributed by atoms with van der Waals surface area (Å²) in [5, 5.41) is 16.4. The number of rotatable bonds is 6. The van der Waals surface area contributed by atoms with E-state index in [9.17, 15) is 0 Å². The lowest BCUT2D eigenvalue weighted by molar-refractivity contribution is 0.669. The predicted octanol–water partition coefficient (Wildman–Crippen LogP) is 13.1. The van der Waals surface area contributed by atoms with Crippen molar-refractivity contribution in [2.45, 2.75) is 0 Å². The van der Waals surface area contributed by atoms with Gasteiger partial charge < -0.3 is 4.42 Å². The van der Waals surface area contributed by atoms with Crippen molar-refractivity contribution in [3.8, 4) is 62.1 Å². The molecule has 0 radical (unpaired) electrons. The molecule has 12 aromatic rings. The Morgan fingerprint density at radius 2 is 1.00 bits per heavy atom. The zero-order chi connectivity index (χ0) is 39.6. The molecule has 60 heavy (non-hydrogen) atoms. The molecule has 7 heteroatoms. The molecule has 9 aromatic carbocycles. The van der Waals surface area contributed by atoms with Gasteiger partial charge in [0.15, 0.2) is 17.5 Å². The number of aromatic nitrogens is 6. The number of benzene rings is 9. The molecule has 7 nitrogen and oxygen atoms in total. The van der Waals surface area contributed by atoms with Crippen LogP contribution in [0.2, 0.25) is 0 Å². The van der Waals surface area contributed by atoms with Gasteiger partial charge >= 0.3 is 0 Å². The van der Waals surface area contributed by atoms with Crippen LogP contribution in [0.5, 0.6) is 0 Å². The van der Waals surface area contributed by atoms with E-state index in [1.54, 1.807) is 4.80 Å². The Labute approximate surface area is 343 Å². The summed E-state index contributed by atoms with van der Waals surface area (Å²) < 4.78 is 6.32. The predicted molar refractivity (Wildman–Crippen MR) is 242 cm³/mol. The highest BCUT2D eigenvalue weighted by Crippen LogP contribution is 2.38. The van der Waals surface area contributed by atoms with E-state index in [2.05, 4.69) is 121 Å². The van der Waals surface area contributed by atoms with E-state index in [0.29, 0.717) is 17.5 Å². The van der Waals surface area contributed by atoms with Crippen molar-refractivity contribution in [3.63, 3.8) is 0 Å². The molecule has 0 fully saturated rings. The van der Waals surface area contributed by atoms with Crippen LogP contribution in [0.1, 0.15) is 0 Å². The highest BCUT2D eigenvalue weighted by atomic mass is 16.3. The first-order valence-corrected chi connectivity index (χ1v) is 19.9. The summed E-state index contributed by atoms with van der Waals surface area (Å²) in [6.45, 7) is 0. The van der Waals surface area contributed by atoms with Crippen LogP contribution in [0, 0.1) is 0 Å². The summed E-state index contributed by atoms with van der Waals surface area (Å²) in [5.41, 5.74) is 11.1. The molecule has 3 heterocycles. The first-order chi connectivity index (χ1) is 29.7. The number of fused-ring (bicyclic) bond motifs is 8. The van der Waals surface area contributed by atoms with Crippen molar-refractivity contribution in [3.05, 3.63) is 194 Å². The Kier molecular flexibility index (Phi) is 7.71. The maximum Gasteiger partial charge on any atom is 0.164 e. The van der Waals surface area contributed by atoms with Crippen molar-refractivity contribution >= 4 is 54.5 Å². The van der Waals surface area contributed by atoms with Crippen LogP contribution in [0.3, 0.4) is 0 Å². The number of para-hydroxylation sites is 2. The Bertz CT molecular complexity index is 3610. The van der Waals surface area contributed by atoms with E-state index < -0.39 is 0 Å². The minimum Gasteiger partial charge on any atom is -0.456 e. The molecule has 0 N–H and O–H groups in total. The first kappa shape index (κ1) is 33.8. The lowest BCUT2D eigenvalue weighted by Crippen LogP contribution is -2.01. The lowest BCUT2D eigenvalue weighted by atomic mass is 9.94. The minimum atomic E-state index is 0.561. The Hall–Kier alpha value is -8.29. The fourth-order valence-corrected chi connectivity index (χ4v) is 8.38. The topological polar surface area (TPSA) is 82.5 Å². The second-order valence-electron chi connectivity index (χ2n) is 15.0.